The van der Waals surface area contributed by atoms with Gasteiger partial charge >= 0.3 is 6.18 Å². The summed E-state index contributed by atoms with van der Waals surface area (Å²) in [6.45, 7) is 1.42. The van der Waals surface area contributed by atoms with E-state index in [9.17, 15) is 18.0 Å². The fraction of sp³-hybridized carbons (Fsp3) is 0.316. The van der Waals surface area contributed by atoms with Gasteiger partial charge in [-0.3, -0.25) is 20.5 Å². The number of rotatable bonds is 5. The predicted molar refractivity (Wildman–Crippen MR) is 93.1 cm³/mol. The molecular formula is C19H20F3N3O. The Labute approximate surface area is 150 Å². The minimum atomic E-state index is -4.49. The van der Waals surface area contributed by atoms with Gasteiger partial charge in [0.25, 0.3) is 5.91 Å². The van der Waals surface area contributed by atoms with Crippen molar-refractivity contribution in [2.24, 2.45) is 0 Å². The molecule has 7 heteroatoms. The number of halogens is 3. The summed E-state index contributed by atoms with van der Waals surface area (Å²) in [6, 6.07) is 14.5. The molecule has 0 aliphatic carbocycles. The van der Waals surface area contributed by atoms with Crippen LogP contribution in [0.4, 0.5) is 18.9 Å². The maximum absolute atomic E-state index is 13.0. The molecule has 4 nitrogen and oxygen atoms in total. The van der Waals surface area contributed by atoms with Crippen molar-refractivity contribution in [3.63, 3.8) is 0 Å². The first-order valence-corrected chi connectivity index (χ1v) is 8.45. The molecule has 1 aliphatic rings. The Balaban J connectivity index is 1.63. The van der Waals surface area contributed by atoms with Crippen molar-refractivity contribution in [1.29, 1.82) is 0 Å². The smallest absolute Gasteiger partial charge is 0.298 e. The first-order chi connectivity index (χ1) is 12.4. The second-order valence-electron chi connectivity index (χ2n) is 6.27. The molecule has 1 fully saturated rings. The van der Waals surface area contributed by atoms with E-state index in [-0.39, 0.29) is 17.6 Å². The lowest BCUT2D eigenvalue weighted by molar-refractivity contribution is -0.137. The van der Waals surface area contributed by atoms with Gasteiger partial charge in [-0.15, -0.1) is 0 Å². The number of para-hydroxylation sites is 1. The number of alkyl halides is 3. The average molecular weight is 363 g/mol. The van der Waals surface area contributed by atoms with Crippen LogP contribution in [0.15, 0.2) is 54.6 Å². The summed E-state index contributed by atoms with van der Waals surface area (Å²) in [7, 11) is 0. The third-order valence-electron chi connectivity index (χ3n) is 4.45. The molecule has 3 rings (SSSR count). The first kappa shape index (κ1) is 18.3. The molecule has 2 aromatic carbocycles. The van der Waals surface area contributed by atoms with Crippen molar-refractivity contribution in [2.75, 3.05) is 12.0 Å². The number of hydrazine groups is 1. The summed E-state index contributed by atoms with van der Waals surface area (Å²) in [5, 5.41) is 0. The number of hydrogen-bond donors (Lipinski definition) is 2. The van der Waals surface area contributed by atoms with Crippen molar-refractivity contribution in [2.45, 2.75) is 31.6 Å². The van der Waals surface area contributed by atoms with Crippen molar-refractivity contribution < 1.29 is 18.0 Å². The Morgan fingerprint density at radius 2 is 1.77 bits per heavy atom. The quantitative estimate of drug-likeness (QED) is 0.794. The van der Waals surface area contributed by atoms with Crippen LogP contribution in [-0.2, 0) is 17.5 Å². The SMILES string of the molecule is O=C(NNc1ccccc1C(F)(F)F)C1CCCN1Cc1ccccc1. The largest absolute Gasteiger partial charge is 0.418 e. The zero-order valence-electron chi connectivity index (χ0n) is 14.1. The standard InChI is InChI=1S/C19H20F3N3O/c20-19(21,22)15-9-4-5-10-16(15)23-24-18(26)17-11-6-12-25(17)13-14-7-2-1-3-8-14/h1-5,7-10,17,23H,6,11-13H2,(H,24,26). The van der Waals surface area contributed by atoms with Gasteiger partial charge < -0.3 is 0 Å². The number of carbonyl (C=O) groups is 1. The van der Waals surface area contributed by atoms with Crippen molar-refractivity contribution in [1.82, 2.24) is 10.3 Å². The molecule has 0 saturated carbocycles. The molecule has 1 amide bonds. The summed E-state index contributed by atoms with van der Waals surface area (Å²) < 4.78 is 39.1. The molecule has 1 aliphatic heterocycles. The van der Waals surface area contributed by atoms with Gasteiger partial charge in [0.2, 0.25) is 0 Å². The number of benzene rings is 2. The Hall–Kier alpha value is -2.54. The lowest BCUT2D eigenvalue weighted by atomic mass is 10.1. The normalized spacial score (nSPS) is 17.9. The van der Waals surface area contributed by atoms with Crippen LogP contribution >= 0.6 is 0 Å². The fourth-order valence-corrected chi connectivity index (χ4v) is 3.18. The van der Waals surface area contributed by atoms with Crippen LogP contribution in [0.5, 0.6) is 0 Å². The van der Waals surface area contributed by atoms with E-state index in [2.05, 4.69) is 10.9 Å². The van der Waals surface area contributed by atoms with Crippen LogP contribution in [0.25, 0.3) is 0 Å². The molecule has 1 unspecified atom stereocenters. The highest BCUT2D eigenvalue weighted by atomic mass is 19.4. The van der Waals surface area contributed by atoms with E-state index in [0.717, 1.165) is 24.6 Å². The molecule has 0 spiro atoms. The van der Waals surface area contributed by atoms with Crippen LogP contribution in [-0.4, -0.2) is 23.4 Å². The molecule has 2 N–H and O–H groups in total. The van der Waals surface area contributed by atoms with Gasteiger partial charge in [0.05, 0.1) is 17.3 Å². The molecule has 26 heavy (non-hydrogen) atoms. The van der Waals surface area contributed by atoms with Crippen LogP contribution in [0.2, 0.25) is 0 Å². The van der Waals surface area contributed by atoms with Gasteiger partial charge in [0.1, 0.15) is 0 Å². The van der Waals surface area contributed by atoms with E-state index < -0.39 is 11.7 Å². The van der Waals surface area contributed by atoms with Gasteiger partial charge in [0, 0.05) is 6.54 Å². The summed E-state index contributed by atoms with van der Waals surface area (Å²) in [5.74, 6) is -0.324. The second kappa shape index (κ2) is 7.78. The Kier molecular flexibility index (Phi) is 5.46. The number of nitrogens with one attached hydrogen (secondary N) is 2. The van der Waals surface area contributed by atoms with Crippen LogP contribution < -0.4 is 10.9 Å². The van der Waals surface area contributed by atoms with Crippen LogP contribution in [0.3, 0.4) is 0 Å². The zero-order valence-corrected chi connectivity index (χ0v) is 14.1. The molecule has 2 aromatic rings. The Morgan fingerprint density at radius 1 is 1.08 bits per heavy atom. The van der Waals surface area contributed by atoms with E-state index in [1.807, 2.05) is 35.2 Å². The number of amides is 1. The highest BCUT2D eigenvalue weighted by molar-refractivity contribution is 5.83. The summed E-state index contributed by atoms with van der Waals surface area (Å²) in [5.41, 5.74) is 4.99. The zero-order chi connectivity index (χ0) is 18.6. The highest BCUT2D eigenvalue weighted by Crippen LogP contribution is 2.34. The van der Waals surface area contributed by atoms with Crippen LogP contribution in [0.1, 0.15) is 24.0 Å². The number of likely N-dealkylation sites (tertiary alicyclic amines) is 1. The number of anilines is 1. The molecular weight excluding hydrogens is 343 g/mol. The topological polar surface area (TPSA) is 44.4 Å². The second-order valence-corrected chi connectivity index (χ2v) is 6.27. The van der Waals surface area contributed by atoms with Gasteiger partial charge in [-0.2, -0.15) is 13.2 Å². The van der Waals surface area contributed by atoms with Crippen molar-refractivity contribution in [3.05, 3.63) is 65.7 Å². The molecule has 0 aromatic heterocycles. The molecule has 1 heterocycles. The van der Waals surface area contributed by atoms with Gasteiger partial charge in [-0.1, -0.05) is 42.5 Å². The molecule has 138 valence electrons. The summed E-state index contributed by atoms with van der Waals surface area (Å²) >= 11 is 0. The minimum absolute atomic E-state index is 0.166. The van der Waals surface area contributed by atoms with E-state index in [4.69, 9.17) is 0 Å². The Morgan fingerprint density at radius 3 is 2.50 bits per heavy atom. The average Bonchev–Trinajstić information content (AvgIpc) is 3.08. The number of hydrogen-bond acceptors (Lipinski definition) is 3. The molecule has 1 saturated heterocycles. The lowest BCUT2D eigenvalue weighted by Crippen LogP contribution is -2.45. The molecule has 0 bridgehead atoms. The van der Waals surface area contributed by atoms with Gasteiger partial charge in [0.15, 0.2) is 0 Å². The monoisotopic (exact) mass is 363 g/mol. The minimum Gasteiger partial charge on any atom is -0.298 e. The number of carbonyl (C=O) groups excluding carboxylic acids is 1. The maximum atomic E-state index is 13.0. The summed E-state index contributed by atoms with van der Waals surface area (Å²) in [4.78, 5) is 14.5. The maximum Gasteiger partial charge on any atom is 0.418 e. The fourth-order valence-electron chi connectivity index (χ4n) is 3.18. The van der Waals surface area contributed by atoms with Gasteiger partial charge in [-0.05, 0) is 37.1 Å². The summed E-state index contributed by atoms with van der Waals surface area (Å²) in [6.07, 6.45) is -2.92. The Bertz CT molecular complexity index is 749. The first-order valence-electron chi connectivity index (χ1n) is 8.45. The van der Waals surface area contributed by atoms with Crippen LogP contribution in [0, 0.1) is 0 Å². The molecule has 1 atom stereocenters. The molecule has 0 radical (unpaired) electrons. The van der Waals surface area contributed by atoms with Crippen molar-refractivity contribution in [3.8, 4) is 0 Å². The predicted octanol–water partition coefficient (Wildman–Crippen LogP) is 3.81. The van der Waals surface area contributed by atoms with Gasteiger partial charge in [-0.25, -0.2) is 0 Å². The third-order valence-corrected chi connectivity index (χ3v) is 4.45. The van der Waals surface area contributed by atoms with E-state index in [1.165, 1.54) is 18.2 Å². The lowest BCUT2D eigenvalue weighted by Gasteiger charge is -2.24. The van der Waals surface area contributed by atoms with E-state index in [0.29, 0.717) is 13.0 Å². The van der Waals surface area contributed by atoms with E-state index in [1.54, 1.807) is 0 Å². The van der Waals surface area contributed by atoms with Crippen molar-refractivity contribution >= 4 is 11.6 Å². The third kappa shape index (κ3) is 4.35. The number of nitrogens with zero attached hydrogens (tertiary/aromatic N) is 1. The highest BCUT2D eigenvalue weighted by Gasteiger charge is 2.34. The van der Waals surface area contributed by atoms with E-state index >= 15 is 0 Å².